The molecule has 160 valence electrons. The summed E-state index contributed by atoms with van der Waals surface area (Å²) >= 11 is 0. The predicted molar refractivity (Wildman–Crippen MR) is 121 cm³/mol. The number of rotatable bonds is 4. The Labute approximate surface area is 182 Å². The Morgan fingerprint density at radius 2 is 2.00 bits per heavy atom. The third-order valence-electron chi connectivity index (χ3n) is 6.63. The molecule has 2 aliphatic heterocycles. The van der Waals surface area contributed by atoms with Gasteiger partial charge in [-0.3, -0.25) is 0 Å². The number of esters is 1. The normalized spacial score (nSPS) is 20.1. The summed E-state index contributed by atoms with van der Waals surface area (Å²) in [4.78, 5) is 18.8. The summed E-state index contributed by atoms with van der Waals surface area (Å²) < 4.78 is 10.9. The molecule has 0 saturated carbocycles. The third kappa shape index (κ3) is 3.38. The number of hydrogen-bond donors (Lipinski definition) is 1. The van der Waals surface area contributed by atoms with E-state index in [1.807, 2.05) is 19.2 Å². The van der Waals surface area contributed by atoms with Gasteiger partial charge >= 0.3 is 5.97 Å². The molecular formula is C26H28N2O3. The van der Waals surface area contributed by atoms with Crippen LogP contribution in [0.1, 0.15) is 47.7 Å². The molecule has 2 aliphatic rings. The Bertz CT molecular complexity index is 1160. The average Bonchev–Trinajstić information content (AvgIpc) is 3.17. The van der Waals surface area contributed by atoms with Gasteiger partial charge in [0.25, 0.3) is 0 Å². The largest absolute Gasteiger partial charge is 0.497 e. The van der Waals surface area contributed by atoms with Crippen LogP contribution in [0.25, 0.3) is 10.9 Å². The van der Waals surface area contributed by atoms with E-state index < -0.39 is 0 Å². The monoisotopic (exact) mass is 416 g/mol. The number of aryl methyl sites for hydroxylation is 1. The van der Waals surface area contributed by atoms with Crippen molar-refractivity contribution in [2.45, 2.75) is 38.6 Å². The summed E-state index contributed by atoms with van der Waals surface area (Å²) in [5.41, 5.74) is 6.89. The average molecular weight is 417 g/mol. The molecule has 3 heterocycles. The van der Waals surface area contributed by atoms with Crippen LogP contribution in [0.3, 0.4) is 0 Å². The van der Waals surface area contributed by atoms with Crippen molar-refractivity contribution < 1.29 is 14.3 Å². The molecule has 2 aromatic carbocycles. The van der Waals surface area contributed by atoms with Gasteiger partial charge in [-0.2, -0.15) is 0 Å². The number of fused-ring (bicyclic) bond motifs is 5. The zero-order valence-electron chi connectivity index (χ0n) is 18.3. The van der Waals surface area contributed by atoms with Gasteiger partial charge in [-0.05, 0) is 56.0 Å². The zero-order chi connectivity index (χ0) is 21.5. The lowest BCUT2D eigenvalue weighted by Gasteiger charge is -2.41. The Balaban J connectivity index is 1.59. The van der Waals surface area contributed by atoms with Gasteiger partial charge in [-0.15, -0.1) is 0 Å². The van der Waals surface area contributed by atoms with Crippen molar-refractivity contribution in [3.05, 3.63) is 76.6 Å². The molecule has 5 heteroatoms. The fraction of sp³-hybridized carbons (Fsp3) is 0.346. The van der Waals surface area contributed by atoms with Crippen molar-refractivity contribution in [1.29, 1.82) is 0 Å². The van der Waals surface area contributed by atoms with E-state index in [0.29, 0.717) is 6.61 Å². The maximum absolute atomic E-state index is 12.8. The van der Waals surface area contributed by atoms with E-state index in [0.717, 1.165) is 41.8 Å². The van der Waals surface area contributed by atoms with E-state index in [4.69, 9.17) is 9.47 Å². The number of nitrogens with zero attached hydrogens (tertiary/aromatic N) is 1. The number of hydrogen-bond acceptors (Lipinski definition) is 4. The highest BCUT2D eigenvalue weighted by molar-refractivity contribution is 5.91. The quantitative estimate of drug-likeness (QED) is 0.607. The number of carbonyl (C=O) groups is 1. The molecular weight excluding hydrogens is 388 g/mol. The number of aromatic amines is 1. The van der Waals surface area contributed by atoms with E-state index in [1.165, 1.54) is 22.2 Å². The van der Waals surface area contributed by atoms with E-state index in [9.17, 15) is 4.79 Å². The van der Waals surface area contributed by atoms with Crippen LogP contribution in [0.5, 0.6) is 5.75 Å². The molecule has 2 atom stereocenters. The molecule has 31 heavy (non-hydrogen) atoms. The molecule has 1 N–H and O–H groups in total. The molecule has 0 spiro atoms. The SMILES string of the molecule is CCOC(=O)C1=CN2CCc3c([nH]c4ccc(OC)cc34)[C@H]2C[C@@H]1c1ccc(C)cc1. The molecule has 1 aromatic heterocycles. The van der Waals surface area contributed by atoms with Crippen molar-refractivity contribution >= 4 is 16.9 Å². The fourth-order valence-corrected chi connectivity index (χ4v) is 5.04. The first kappa shape index (κ1) is 19.7. The summed E-state index contributed by atoms with van der Waals surface area (Å²) in [7, 11) is 1.71. The Hall–Kier alpha value is -3.21. The van der Waals surface area contributed by atoms with Gasteiger partial charge < -0.3 is 19.4 Å². The zero-order valence-corrected chi connectivity index (χ0v) is 18.3. The highest BCUT2D eigenvalue weighted by Gasteiger charge is 2.38. The van der Waals surface area contributed by atoms with Crippen LogP contribution >= 0.6 is 0 Å². The standard InChI is InChI=1S/C26H28N2O3/c1-4-31-26(29)22-15-28-12-11-19-21-13-18(30-3)9-10-23(21)27-25(19)24(28)14-20(22)17-7-5-16(2)6-8-17/h5-10,13,15,20,24,27H,4,11-12,14H2,1-3H3/t20-,24-/m1/s1. The van der Waals surface area contributed by atoms with E-state index in [1.54, 1.807) is 7.11 Å². The molecule has 0 amide bonds. The number of benzene rings is 2. The van der Waals surface area contributed by atoms with Gasteiger partial charge in [0, 0.05) is 35.3 Å². The highest BCUT2D eigenvalue weighted by atomic mass is 16.5. The van der Waals surface area contributed by atoms with Gasteiger partial charge in [0.15, 0.2) is 0 Å². The minimum absolute atomic E-state index is 0.00722. The smallest absolute Gasteiger partial charge is 0.336 e. The van der Waals surface area contributed by atoms with Gasteiger partial charge in [-0.1, -0.05) is 29.8 Å². The summed E-state index contributed by atoms with van der Waals surface area (Å²) in [6.07, 6.45) is 3.82. The van der Waals surface area contributed by atoms with E-state index >= 15 is 0 Å². The molecule has 5 nitrogen and oxygen atoms in total. The third-order valence-corrected chi connectivity index (χ3v) is 6.63. The molecule has 0 saturated heterocycles. The molecule has 0 fully saturated rings. The highest BCUT2D eigenvalue weighted by Crippen LogP contribution is 2.46. The van der Waals surface area contributed by atoms with Crippen LogP contribution in [0, 0.1) is 6.92 Å². The molecule has 0 radical (unpaired) electrons. The second kappa shape index (κ2) is 7.80. The predicted octanol–water partition coefficient (Wildman–Crippen LogP) is 5.02. The van der Waals surface area contributed by atoms with Crippen molar-refractivity contribution in [3.8, 4) is 5.75 Å². The van der Waals surface area contributed by atoms with Gasteiger partial charge in [0.2, 0.25) is 0 Å². The number of ether oxygens (including phenoxy) is 2. The molecule has 0 unspecified atom stereocenters. The molecule has 5 rings (SSSR count). The molecule has 3 aromatic rings. The van der Waals surface area contributed by atoms with Crippen LogP contribution in [0.4, 0.5) is 0 Å². The maximum Gasteiger partial charge on any atom is 0.336 e. The first-order valence-corrected chi connectivity index (χ1v) is 11.0. The maximum atomic E-state index is 12.8. The first-order valence-electron chi connectivity index (χ1n) is 11.0. The van der Waals surface area contributed by atoms with Crippen LogP contribution in [0.15, 0.2) is 54.2 Å². The van der Waals surface area contributed by atoms with Gasteiger partial charge in [0.05, 0.1) is 25.3 Å². The van der Waals surface area contributed by atoms with Crippen LogP contribution < -0.4 is 4.74 Å². The van der Waals surface area contributed by atoms with Crippen molar-refractivity contribution in [3.63, 3.8) is 0 Å². The number of H-pyrrole nitrogens is 1. The summed E-state index contributed by atoms with van der Waals surface area (Å²) in [5.74, 6) is 0.675. The van der Waals surface area contributed by atoms with Crippen LogP contribution in [-0.2, 0) is 16.0 Å². The second-order valence-electron chi connectivity index (χ2n) is 8.44. The summed E-state index contributed by atoms with van der Waals surface area (Å²) in [6.45, 7) is 5.21. The second-order valence-corrected chi connectivity index (χ2v) is 8.44. The number of aromatic nitrogens is 1. The van der Waals surface area contributed by atoms with Gasteiger partial charge in [0.1, 0.15) is 5.75 Å². The Morgan fingerprint density at radius 3 is 2.74 bits per heavy atom. The van der Waals surface area contributed by atoms with Crippen molar-refractivity contribution in [2.75, 3.05) is 20.3 Å². The van der Waals surface area contributed by atoms with E-state index in [-0.39, 0.29) is 17.9 Å². The number of methoxy groups -OCH3 is 1. The summed E-state index contributed by atoms with van der Waals surface area (Å²) in [6, 6.07) is 14.9. The van der Waals surface area contributed by atoms with E-state index in [2.05, 4.69) is 53.2 Å². The summed E-state index contributed by atoms with van der Waals surface area (Å²) in [5, 5.41) is 1.24. The number of nitrogens with one attached hydrogen (secondary N) is 1. The van der Waals surface area contributed by atoms with Crippen molar-refractivity contribution in [2.24, 2.45) is 0 Å². The molecule has 0 aliphatic carbocycles. The Kier molecular flexibility index (Phi) is 4.97. The van der Waals surface area contributed by atoms with Crippen LogP contribution in [0.2, 0.25) is 0 Å². The van der Waals surface area contributed by atoms with Crippen LogP contribution in [-0.4, -0.2) is 36.1 Å². The van der Waals surface area contributed by atoms with Crippen molar-refractivity contribution in [1.82, 2.24) is 9.88 Å². The fourth-order valence-electron chi connectivity index (χ4n) is 5.04. The topological polar surface area (TPSA) is 54.6 Å². The lowest BCUT2D eigenvalue weighted by molar-refractivity contribution is -0.139. The number of carbonyl (C=O) groups excluding carboxylic acids is 1. The lowest BCUT2D eigenvalue weighted by atomic mass is 9.79. The van der Waals surface area contributed by atoms with Gasteiger partial charge in [-0.25, -0.2) is 4.79 Å². The minimum atomic E-state index is -0.210. The lowest BCUT2D eigenvalue weighted by Crippen LogP contribution is -2.37. The molecule has 0 bridgehead atoms. The first-order chi connectivity index (χ1) is 15.1. The minimum Gasteiger partial charge on any atom is -0.497 e. The Morgan fingerprint density at radius 1 is 1.19 bits per heavy atom.